The van der Waals surface area contributed by atoms with Crippen molar-refractivity contribution in [2.45, 2.75) is 25.9 Å². The highest BCUT2D eigenvalue weighted by Crippen LogP contribution is 2.09. The summed E-state index contributed by atoms with van der Waals surface area (Å²) in [5, 5.41) is 3.39. The van der Waals surface area contributed by atoms with Crippen LogP contribution < -0.4 is 5.32 Å². The van der Waals surface area contributed by atoms with E-state index in [0.29, 0.717) is 6.17 Å². The lowest BCUT2D eigenvalue weighted by Gasteiger charge is -2.38. The second-order valence-corrected chi connectivity index (χ2v) is 4.02. The number of hydrogen-bond acceptors (Lipinski definition) is 3. The Morgan fingerprint density at radius 1 is 1.31 bits per heavy atom. The number of piperazine rings is 1. The number of nitrogens with one attached hydrogen (secondary N) is 1. The highest BCUT2D eigenvalue weighted by molar-refractivity contribution is 4.74. The van der Waals surface area contributed by atoms with Gasteiger partial charge in [-0.2, -0.15) is 0 Å². The summed E-state index contributed by atoms with van der Waals surface area (Å²) >= 11 is 0. The summed E-state index contributed by atoms with van der Waals surface area (Å²) in [6, 6.07) is 0. The van der Waals surface area contributed by atoms with Gasteiger partial charge in [0.15, 0.2) is 0 Å². The molecule has 0 aromatic rings. The molecule has 1 aliphatic heterocycles. The number of nitrogens with zero attached hydrogens (tertiary/aromatic N) is 2. The SMILES string of the molecule is CCCC(N(C)C)N1CCNCC1. The van der Waals surface area contributed by atoms with Crippen LogP contribution in [0.5, 0.6) is 0 Å². The molecule has 78 valence electrons. The van der Waals surface area contributed by atoms with Crippen LogP contribution in [0.25, 0.3) is 0 Å². The summed E-state index contributed by atoms with van der Waals surface area (Å²) in [5.41, 5.74) is 0. The molecule has 0 spiro atoms. The van der Waals surface area contributed by atoms with E-state index in [-0.39, 0.29) is 0 Å². The summed E-state index contributed by atoms with van der Waals surface area (Å²) < 4.78 is 0. The lowest BCUT2D eigenvalue weighted by molar-refractivity contribution is 0.0606. The Morgan fingerprint density at radius 2 is 1.92 bits per heavy atom. The third-order valence-electron chi connectivity index (χ3n) is 2.72. The van der Waals surface area contributed by atoms with Crippen LogP contribution in [-0.2, 0) is 0 Å². The molecular formula is C10H23N3. The maximum Gasteiger partial charge on any atom is 0.0618 e. The van der Waals surface area contributed by atoms with Gasteiger partial charge in [0.1, 0.15) is 0 Å². The van der Waals surface area contributed by atoms with Gasteiger partial charge in [-0.25, -0.2) is 0 Å². The Bertz CT molecular complexity index is 130. The van der Waals surface area contributed by atoms with Crippen LogP contribution in [0.2, 0.25) is 0 Å². The molecule has 1 rings (SSSR count). The van der Waals surface area contributed by atoms with Crippen molar-refractivity contribution < 1.29 is 0 Å². The van der Waals surface area contributed by atoms with Gasteiger partial charge in [-0.3, -0.25) is 9.80 Å². The third kappa shape index (κ3) is 3.25. The molecule has 0 aromatic heterocycles. The van der Waals surface area contributed by atoms with Crippen molar-refractivity contribution >= 4 is 0 Å². The second-order valence-electron chi connectivity index (χ2n) is 4.02. The Hall–Kier alpha value is -0.120. The minimum absolute atomic E-state index is 0.645. The van der Waals surface area contributed by atoms with Crippen LogP contribution >= 0.6 is 0 Å². The van der Waals surface area contributed by atoms with E-state index in [1.54, 1.807) is 0 Å². The molecule has 1 atom stereocenters. The summed E-state index contributed by atoms with van der Waals surface area (Å²) in [5.74, 6) is 0. The van der Waals surface area contributed by atoms with Crippen LogP contribution in [0.15, 0.2) is 0 Å². The monoisotopic (exact) mass is 185 g/mol. The summed E-state index contributed by atoms with van der Waals surface area (Å²) in [6.07, 6.45) is 3.20. The molecule has 1 aliphatic rings. The van der Waals surface area contributed by atoms with Crippen molar-refractivity contribution in [3.8, 4) is 0 Å². The van der Waals surface area contributed by atoms with Gasteiger partial charge in [-0.15, -0.1) is 0 Å². The molecule has 0 bridgehead atoms. The zero-order valence-electron chi connectivity index (χ0n) is 9.21. The van der Waals surface area contributed by atoms with Crippen molar-refractivity contribution in [3.63, 3.8) is 0 Å². The predicted molar refractivity (Wildman–Crippen MR) is 56.8 cm³/mol. The van der Waals surface area contributed by atoms with Gasteiger partial charge >= 0.3 is 0 Å². The van der Waals surface area contributed by atoms with Gasteiger partial charge in [0, 0.05) is 26.2 Å². The lowest BCUT2D eigenvalue weighted by atomic mass is 10.2. The van der Waals surface area contributed by atoms with Crippen molar-refractivity contribution in [1.82, 2.24) is 15.1 Å². The van der Waals surface area contributed by atoms with E-state index in [1.807, 2.05) is 0 Å². The maximum atomic E-state index is 3.39. The Labute approximate surface area is 82.1 Å². The molecule has 1 fully saturated rings. The fraction of sp³-hybridized carbons (Fsp3) is 1.00. The molecule has 1 N–H and O–H groups in total. The van der Waals surface area contributed by atoms with Gasteiger partial charge in [-0.05, 0) is 20.5 Å². The fourth-order valence-electron chi connectivity index (χ4n) is 2.01. The lowest BCUT2D eigenvalue weighted by Crippen LogP contribution is -2.53. The Morgan fingerprint density at radius 3 is 2.38 bits per heavy atom. The van der Waals surface area contributed by atoms with E-state index in [1.165, 1.54) is 25.9 Å². The fourth-order valence-corrected chi connectivity index (χ4v) is 2.01. The molecule has 3 nitrogen and oxygen atoms in total. The van der Waals surface area contributed by atoms with Crippen LogP contribution in [0.4, 0.5) is 0 Å². The average molecular weight is 185 g/mol. The first-order chi connectivity index (χ1) is 6.25. The van der Waals surface area contributed by atoms with Gasteiger partial charge in [0.2, 0.25) is 0 Å². The normalized spacial score (nSPS) is 22.2. The Kier molecular flexibility index (Phi) is 4.70. The molecule has 0 aliphatic carbocycles. The van der Waals surface area contributed by atoms with Gasteiger partial charge < -0.3 is 5.32 Å². The van der Waals surface area contributed by atoms with Crippen molar-refractivity contribution in [2.75, 3.05) is 40.3 Å². The second kappa shape index (κ2) is 5.58. The Balaban J connectivity index is 2.41. The molecule has 0 radical (unpaired) electrons. The van der Waals surface area contributed by atoms with Crippen LogP contribution in [0.3, 0.4) is 0 Å². The van der Waals surface area contributed by atoms with Crippen LogP contribution in [-0.4, -0.2) is 56.2 Å². The molecule has 1 unspecified atom stereocenters. The van der Waals surface area contributed by atoms with Crippen LogP contribution in [0, 0.1) is 0 Å². The topological polar surface area (TPSA) is 18.5 Å². The minimum Gasteiger partial charge on any atom is -0.314 e. The van der Waals surface area contributed by atoms with E-state index in [9.17, 15) is 0 Å². The summed E-state index contributed by atoms with van der Waals surface area (Å²) in [7, 11) is 4.37. The van der Waals surface area contributed by atoms with Crippen molar-refractivity contribution in [2.24, 2.45) is 0 Å². The van der Waals surface area contributed by atoms with E-state index in [2.05, 4.69) is 36.1 Å². The van der Waals surface area contributed by atoms with E-state index < -0.39 is 0 Å². The van der Waals surface area contributed by atoms with Gasteiger partial charge in [-0.1, -0.05) is 13.3 Å². The third-order valence-corrected chi connectivity index (χ3v) is 2.72. The molecule has 1 heterocycles. The largest absolute Gasteiger partial charge is 0.314 e. The first-order valence-electron chi connectivity index (χ1n) is 5.37. The quantitative estimate of drug-likeness (QED) is 0.691. The van der Waals surface area contributed by atoms with E-state index >= 15 is 0 Å². The smallest absolute Gasteiger partial charge is 0.0618 e. The molecule has 0 aromatic carbocycles. The average Bonchev–Trinajstić information content (AvgIpc) is 2.15. The highest BCUT2D eigenvalue weighted by atomic mass is 15.3. The zero-order valence-corrected chi connectivity index (χ0v) is 9.21. The van der Waals surface area contributed by atoms with Crippen molar-refractivity contribution in [1.29, 1.82) is 0 Å². The van der Waals surface area contributed by atoms with E-state index in [0.717, 1.165) is 13.1 Å². The molecule has 0 saturated carbocycles. The van der Waals surface area contributed by atoms with E-state index in [4.69, 9.17) is 0 Å². The van der Waals surface area contributed by atoms with Crippen LogP contribution in [0.1, 0.15) is 19.8 Å². The maximum absolute atomic E-state index is 3.39. The number of rotatable bonds is 4. The summed E-state index contributed by atoms with van der Waals surface area (Å²) in [6.45, 7) is 6.95. The van der Waals surface area contributed by atoms with Crippen molar-refractivity contribution in [3.05, 3.63) is 0 Å². The molecule has 0 amide bonds. The summed E-state index contributed by atoms with van der Waals surface area (Å²) in [4.78, 5) is 4.93. The highest BCUT2D eigenvalue weighted by Gasteiger charge is 2.20. The first-order valence-corrected chi connectivity index (χ1v) is 5.37. The molecule has 13 heavy (non-hydrogen) atoms. The van der Waals surface area contributed by atoms with Gasteiger partial charge in [0.05, 0.1) is 6.17 Å². The molecule has 1 saturated heterocycles. The number of hydrogen-bond donors (Lipinski definition) is 1. The first kappa shape index (κ1) is 11.0. The van der Waals surface area contributed by atoms with Gasteiger partial charge in [0.25, 0.3) is 0 Å². The standard InChI is InChI=1S/C10H23N3/c1-4-5-10(12(2)3)13-8-6-11-7-9-13/h10-11H,4-9H2,1-3H3. The molecular weight excluding hydrogens is 162 g/mol. The predicted octanol–water partition coefficient (Wildman–Crippen LogP) is 0.579. The zero-order chi connectivity index (χ0) is 9.68. The minimum atomic E-state index is 0.645. The molecule has 3 heteroatoms.